The maximum absolute atomic E-state index is 8.50. The van der Waals surface area contributed by atoms with Gasteiger partial charge < -0.3 is 4.90 Å². The molecule has 2 heteroatoms. The van der Waals surface area contributed by atoms with E-state index in [9.17, 15) is 0 Å². The molecule has 2 nitrogen and oxygen atoms in total. The van der Waals surface area contributed by atoms with Gasteiger partial charge in [0.2, 0.25) is 0 Å². The number of amidine groups is 1. The molecule has 3 rings (SSSR count). The lowest BCUT2D eigenvalue weighted by Crippen LogP contribution is -2.39. The molecule has 1 unspecified atom stereocenters. The zero-order valence-corrected chi connectivity index (χ0v) is 11.2. The van der Waals surface area contributed by atoms with E-state index in [0.717, 1.165) is 12.4 Å². The molecule has 1 aliphatic carbocycles. The quantitative estimate of drug-likeness (QED) is 0.581. The summed E-state index contributed by atoms with van der Waals surface area (Å²) in [5.41, 5.74) is 2.71. The lowest BCUT2D eigenvalue weighted by atomic mass is 9.90. The Morgan fingerprint density at radius 2 is 1.89 bits per heavy atom. The van der Waals surface area contributed by atoms with Crippen molar-refractivity contribution in [3.05, 3.63) is 29.8 Å². The second-order valence-electron chi connectivity index (χ2n) is 5.77. The first-order chi connectivity index (χ1) is 8.77. The number of nitrogens with zero attached hydrogens (tertiary/aromatic N) is 1. The van der Waals surface area contributed by atoms with Gasteiger partial charge >= 0.3 is 0 Å². The second kappa shape index (κ2) is 4.75. The minimum atomic E-state index is 0.506. The van der Waals surface area contributed by atoms with Crippen molar-refractivity contribution >= 4 is 11.5 Å². The fourth-order valence-electron chi connectivity index (χ4n) is 3.42. The van der Waals surface area contributed by atoms with Crippen LogP contribution in [0, 0.1) is 11.3 Å². The van der Waals surface area contributed by atoms with Crippen LogP contribution in [0.15, 0.2) is 24.3 Å². The molecule has 1 saturated carbocycles. The van der Waals surface area contributed by atoms with E-state index in [0.29, 0.717) is 11.8 Å². The Kier molecular flexibility index (Phi) is 3.11. The zero-order valence-electron chi connectivity index (χ0n) is 11.2. The van der Waals surface area contributed by atoms with Gasteiger partial charge in [0.05, 0.1) is 0 Å². The number of nitrogens with one attached hydrogen (secondary N) is 1. The Balaban J connectivity index is 1.89. The molecule has 0 bridgehead atoms. The van der Waals surface area contributed by atoms with Gasteiger partial charge in [0.1, 0.15) is 5.84 Å². The highest BCUT2D eigenvalue weighted by Gasteiger charge is 2.29. The Morgan fingerprint density at radius 3 is 2.67 bits per heavy atom. The summed E-state index contributed by atoms with van der Waals surface area (Å²) in [7, 11) is 0. The van der Waals surface area contributed by atoms with Crippen molar-refractivity contribution in [2.24, 2.45) is 5.92 Å². The van der Waals surface area contributed by atoms with Crippen LogP contribution in [0.1, 0.15) is 50.5 Å². The van der Waals surface area contributed by atoms with Gasteiger partial charge in [-0.25, -0.2) is 0 Å². The summed E-state index contributed by atoms with van der Waals surface area (Å²) in [5, 5.41) is 8.50. The van der Waals surface area contributed by atoms with Crippen molar-refractivity contribution in [1.82, 2.24) is 0 Å². The van der Waals surface area contributed by atoms with Crippen molar-refractivity contribution in [3.8, 4) is 0 Å². The third kappa shape index (κ3) is 1.94. The van der Waals surface area contributed by atoms with Crippen LogP contribution in [-0.4, -0.2) is 12.4 Å². The highest BCUT2D eigenvalue weighted by atomic mass is 15.2. The zero-order chi connectivity index (χ0) is 12.5. The third-order valence-corrected chi connectivity index (χ3v) is 4.58. The number of hydrogen-bond acceptors (Lipinski definition) is 1. The van der Waals surface area contributed by atoms with Gasteiger partial charge in [-0.15, -0.1) is 0 Å². The summed E-state index contributed by atoms with van der Waals surface area (Å²) < 4.78 is 0. The molecule has 96 valence electrons. The van der Waals surface area contributed by atoms with E-state index in [1.165, 1.54) is 43.4 Å². The molecule has 18 heavy (non-hydrogen) atoms. The standard InChI is InChI=1S/C16H22N2/c1-12-10-11-18(15-9-5-4-8-14(12)15)16(17)13-6-2-3-7-13/h4-5,8-9,12-13,17H,2-3,6-7,10-11H2,1H3. The molecule has 1 aromatic carbocycles. The van der Waals surface area contributed by atoms with E-state index in [4.69, 9.17) is 5.41 Å². The van der Waals surface area contributed by atoms with E-state index in [1.54, 1.807) is 0 Å². The topological polar surface area (TPSA) is 27.1 Å². The van der Waals surface area contributed by atoms with Crippen LogP contribution in [0.2, 0.25) is 0 Å². The molecule has 1 atom stereocenters. The molecule has 1 heterocycles. The normalized spacial score (nSPS) is 24.1. The van der Waals surface area contributed by atoms with Crippen LogP contribution in [0.5, 0.6) is 0 Å². The van der Waals surface area contributed by atoms with E-state index in [-0.39, 0.29) is 0 Å². The first-order valence-electron chi connectivity index (χ1n) is 7.22. The Labute approximate surface area is 110 Å². The van der Waals surface area contributed by atoms with Gasteiger partial charge in [-0.1, -0.05) is 38.0 Å². The molecule has 1 fully saturated rings. The van der Waals surface area contributed by atoms with Crippen molar-refractivity contribution in [3.63, 3.8) is 0 Å². The third-order valence-electron chi connectivity index (χ3n) is 4.58. The van der Waals surface area contributed by atoms with Gasteiger partial charge in [-0.2, -0.15) is 0 Å². The number of anilines is 1. The summed E-state index contributed by atoms with van der Waals surface area (Å²) in [6, 6.07) is 8.65. The molecule has 1 aromatic rings. The molecule has 0 radical (unpaired) electrons. The van der Waals surface area contributed by atoms with Crippen LogP contribution in [-0.2, 0) is 0 Å². The summed E-state index contributed by atoms with van der Waals surface area (Å²) in [4.78, 5) is 2.27. The van der Waals surface area contributed by atoms with E-state index >= 15 is 0 Å². The smallest absolute Gasteiger partial charge is 0.103 e. The van der Waals surface area contributed by atoms with Crippen LogP contribution in [0.3, 0.4) is 0 Å². The number of para-hydroxylation sites is 1. The molecule has 1 N–H and O–H groups in total. The van der Waals surface area contributed by atoms with Crippen molar-refractivity contribution in [1.29, 1.82) is 5.41 Å². The fraction of sp³-hybridized carbons (Fsp3) is 0.562. The van der Waals surface area contributed by atoms with E-state index in [2.05, 4.69) is 36.1 Å². The summed E-state index contributed by atoms with van der Waals surface area (Å²) >= 11 is 0. The molecule has 0 amide bonds. The molecular formula is C16H22N2. The maximum Gasteiger partial charge on any atom is 0.103 e. The van der Waals surface area contributed by atoms with Crippen LogP contribution >= 0.6 is 0 Å². The SMILES string of the molecule is CC1CCN(C(=N)C2CCCC2)c2ccccc21. The predicted molar refractivity (Wildman–Crippen MR) is 76.5 cm³/mol. The summed E-state index contributed by atoms with van der Waals surface area (Å²) in [6.45, 7) is 3.32. The predicted octanol–water partition coefficient (Wildman–Crippen LogP) is 4.17. The second-order valence-corrected chi connectivity index (χ2v) is 5.77. The highest BCUT2D eigenvalue weighted by molar-refractivity contribution is 5.98. The maximum atomic E-state index is 8.50. The summed E-state index contributed by atoms with van der Waals surface area (Å²) in [6.07, 6.45) is 6.21. The minimum Gasteiger partial charge on any atom is -0.330 e. The molecule has 2 aliphatic rings. The number of rotatable bonds is 1. The van der Waals surface area contributed by atoms with Crippen molar-refractivity contribution < 1.29 is 0 Å². The van der Waals surface area contributed by atoms with Gasteiger partial charge in [0.15, 0.2) is 0 Å². The number of benzene rings is 1. The van der Waals surface area contributed by atoms with Gasteiger partial charge in [-0.05, 0) is 36.8 Å². The van der Waals surface area contributed by atoms with Crippen LogP contribution in [0.25, 0.3) is 0 Å². The van der Waals surface area contributed by atoms with Gasteiger partial charge in [0, 0.05) is 18.2 Å². The summed E-state index contributed by atoms with van der Waals surface area (Å²) in [5.74, 6) is 2.01. The largest absolute Gasteiger partial charge is 0.330 e. The van der Waals surface area contributed by atoms with Crippen LogP contribution < -0.4 is 4.90 Å². The number of fused-ring (bicyclic) bond motifs is 1. The molecule has 1 aliphatic heterocycles. The van der Waals surface area contributed by atoms with Gasteiger partial charge in [0.25, 0.3) is 0 Å². The highest BCUT2D eigenvalue weighted by Crippen LogP contribution is 2.37. The van der Waals surface area contributed by atoms with Crippen molar-refractivity contribution in [2.75, 3.05) is 11.4 Å². The Hall–Kier alpha value is -1.31. The van der Waals surface area contributed by atoms with E-state index < -0.39 is 0 Å². The van der Waals surface area contributed by atoms with Crippen molar-refractivity contribution in [2.45, 2.75) is 44.9 Å². The fourth-order valence-corrected chi connectivity index (χ4v) is 3.42. The molecule has 0 aromatic heterocycles. The first kappa shape index (κ1) is 11.8. The average molecular weight is 242 g/mol. The molecular weight excluding hydrogens is 220 g/mol. The minimum absolute atomic E-state index is 0.506. The lowest BCUT2D eigenvalue weighted by molar-refractivity contribution is 0.631. The van der Waals surface area contributed by atoms with E-state index in [1.807, 2.05) is 0 Å². The Morgan fingerprint density at radius 1 is 1.17 bits per heavy atom. The number of hydrogen-bond donors (Lipinski definition) is 1. The first-order valence-corrected chi connectivity index (χ1v) is 7.22. The lowest BCUT2D eigenvalue weighted by Gasteiger charge is -2.36. The van der Waals surface area contributed by atoms with Crippen LogP contribution in [0.4, 0.5) is 5.69 Å². The molecule has 0 saturated heterocycles. The Bertz CT molecular complexity index is 446. The monoisotopic (exact) mass is 242 g/mol. The molecule has 0 spiro atoms. The average Bonchev–Trinajstić information content (AvgIpc) is 2.93. The van der Waals surface area contributed by atoms with Gasteiger partial charge in [-0.3, -0.25) is 5.41 Å².